The molecule has 0 radical (unpaired) electrons. The van der Waals surface area contributed by atoms with E-state index in [4.69, 9.17) is 5.11 Å². The van der Waals surface area contributed by atoms with Crippen LogP contribution in [0.5, 0.6) is 0 Å². The minimum Gasteiger partial charge on any atom is -0.465 e. The molecule has 2 aliphatic rings. The number of benzene rings is 1. The second-order valence-corrected chi connectivity index (χ2v) is 5.07. The molecule has 0 saturated carbocycles. The largest absolute Gasteiger partial charge is 0.465 e. The molecule has 0 bridgehead atoms. The van der Waals surface area contributed by atoms with E-state index in [-0.39, 0.29) is 11.9 Å². The summed E-state index contributed by atoms with van der Waals surface area (Å²) in [7, 11) is 0. The van der Waals surface area contributed by atoms with Gasteiger partial charge in [-0.2, -0.15) is 0 Å². The van der Waals surface area contributed by atoms with Crippen molar-refractivity contribution in [3.05, 3.63) is 29.8 Å². The average molecular weight is 260 g/mol. The lowest BCUT2D eigenvalue weighted by Gasteiger charge is -2.35. The molecule has 2 aliphatic heterocycles. The number of para-hydroxylation sites is 1. The third kappa shape index (κ3) is 2.05. The van der Waals surface area contributed by atoms with Gasteiger partial charge in [0.1, 0.15) is 0 Å². The Hall–Kier alpha value is -2.04. The number of carbonyl (C=O) groups is 2. The van der Waals surface area contributed by atoms with Gasteiger partial charge in [-0.3, -0.25) is 4.79 Å². The SMILES string of the molecule is O=C(O)N1CCC(N2C(=O)Cc3ccccc32)CC1. The first-order chi connectivity index (χ1) is 9.16. The zero-order chi connectivity index (χ0) is 13.4. The van der Waals surface area contributed by atoms with Crippen LogP contribution >= 0.6 is 0 Å². The number of hydrogen-bond acceptors (Lipinski definition) is 2. The van der Waals surface area contributed by atoms with Crippen LogP contribution in [0.3, 0.4) is 0 Å². The average Bonchev–Trinajstić information content (AvgIpc) is 2.74. The van der Waals surface area contributed by atoms with Crippen LogP contribution in [0.25, 0.3) is 0 Å². The second kappa shape index (κ2) is 4.57. The van der Waals surface area contributed by atoms with Crippen LogP contribution in [0, 0.1) is 0 Å². The number of piperidine rings is 1. The van der Waals surface area contributed by atoms with Crippen molar-refractivity contribution in [1.29, 1.82) is 0 Å². The van der Waals surface area contributed by atoms with Gasteiger partial charge in [0.05, 0.1) is 6.42 Å². The first kappa shape index (κ1) is 12.0. The maximum absolute atomic E-state index is 12.1. The molecule has 2 heterocycles. The number of nitrogens with zero attached hydrogens (tertiary/aromatic N) is 2. The van der Waals surface area contributed by atoms with Crippen LogP contribution in [-0.4, -0.2) is 41.1 Å². The van der Waals surface area contributed by atoms with Crippen LogP contribution in [-0.2, 0) is 11.2 Å². The van der Waals surface area contributed by atoms with E-state index in [9.17, 15) is 9.59 Å². The van der Waals surface area contributed by atoms with Crippen LogP contribution < -0.4 is 4.90 Å². The lowest BCUT2D eigenvalue weighted by molar-refractivity contribution is -0.118. The predicted octanol–water partition coefficient (Wildman–Crippen LogP) is 1.72. The van der Waals surface area contributed by atoms with Gasteiger partial charge in [0.15, 0.2) is 0 Å². The molecule has 1 aromatic carbocycles. The molecule has 1 aromatic rings. The molecule has 100 valence electrons. The number of carboxylic acid groups (broad SMARTS) is 1. The monoisotopic (exact) mass is 260 g/mol. The minimum absolute atomic E-state index is 0.131. The molecule has 19 heavy (non-hydrogen) atoms. The zero-order valence-corrected chi connectivity index (χ0v) is 10.6. The fraction of sp³-hybridized carbons (Fsp3) is 0.429. The van der Waals surface area contributed by atoms with Crippen LogP contribution in [0.1, 0.15) is 18.4 Å². The maximum atomic E-state index is 12.1. The first-order valence-corrected chi connectivity index (χ1v) is 6.54. The van der Waals surface area contributed by atoms with Crippen molar-refractivity contribution in [2.24, 2.45) is 0 Å². The number of carbonyl (C=O) groups excluding carboxylic acids is 1. The smallest absolute Gasteiger partial charge is 0.407 e. The molecule has 5 nitrogen and oxygen atoms in total. The second-order valence-electron chi connectivity index (χ2n) is 5.07. The van der Waals surface area contributed by atoms with Gasteiger partial charge in [0, 0.05) is 24.8 Å². The summed E-state index contributed by atoms with van der Waals surface area (Å²) in [6.07, 6.45) is 1.03. The Morgan fingerprint density at radius 1 is 1.21 bits per heavy atom. The van der Waals surface area contributed by atoms with Crippen molar-refractivity contribution >= 4 is 17.7 Å². The molecular weight excluding hydrogens is 244 g/mol. The Bertz CT molecular complexity index is 521. The quantitative estimate of drug-likeness (QED) is 0.836. The summed E-state index contributed by atoms with van der Waals surface area (Å²) >= 11 is 0. The van der Waals surface area contributed by atoms with Gasteiger partial charge in [0.25, 0.3) is 0 Å². The van der Waals surface area contributed by atoms with E-state index in [0.717, 1.165) is 11.3 Å². The summed E-state index contributed by atoms with van der Waals surface area (Å²) in [5.74, 6) is 0.134. The third-order valence-electron chi connectivity index (χ3n) is 3.96. The Morgan fingerprint density at radius 3 is 2.58 bits per heavy atom. The molecule has 0 aliphatic carbocycles. The predicted molar refractivity (Wildman–Crippen MR) is 70.3 cm³/mol. The van der Waals surface area contributed by atoms with Gasteiger partial charge in [-0.15, -0.1) is 0 Å². The number of anilines is 1. The molecule has 5 heteroatoms. The Labute approximate surface area is 111 Å². The molecule has 0 aromatic heterocycles. The van der Waals surface area contributed by atoms with Gasteiger partial charge < -0.3 is 14.9 Å². The highest BCUT2D eigenvalue weighted by atomic mass is 16.4. The Morgan fingerprint density at radius 2 is 1.89 bits per heavy atom. The van der Waals surface area contributed by atoms with Gasteiger partial charge in [-0.25, -0.2) is 4.79 Å². The van der Waals surface area contributed by atoms with Crippen LogP contribution in [0.15, 0.2) is 24.3 Å². The highest BCUT2D eigenvalue weighted by molar-refractivity contribution is 6.01. The molecule has 1 fully saturated rings. The Kier molecular flexibility index (Phi) is 2.89. The van der Waals surface area contributed by atoms with Crippen molar-refractivity contribution in [2.45, 2.75) is 25.3 Å². The van der Waals surface area contributed by atoms with E-state index in [1.165, 1.54) is 4.90 Å². The minimum atomic E-state index is -0.869. The van der Waals surface area contributed by atoms with Crippen molar-refractivity contribution < 1.29 is 14.7 Å². The summed E-state index contributed by atoms with van der Waals surface area (Å²) in [6.45, 7) is 1.01. The van der Waals surface area contributed by atoms with E-state index in [2.05, 4.69) is 0 Å². The van der Waals surface area contributed by atoms with Crippen LogP contribution in [0.4, 0.5) is 10.5 Å². The summed E-state index contributed by atoms with van der Waals surface area (Å²) in [5, 5.41) is 8.94. The summed E-state index contributed by atoms with van der Waals surface area (Å²) < 4.78 is 0. The molecule has 2 amide bonds. The molecule has 1 N–H and O–H groups in total. The summed E-state index contributed by atoms with van der Waals surface area (Å²) in [6, 6.07) is 7.98. The van der Waals surface area contributed by atoms with E-state index >= 15 is 0 Å². The summed E-state index contributed by atoms with van der Waals surface area (Å²) in [4.78, 5) is 26.3. The normalized spacial score (nSPS) is 19.7. The maximum Gasteiger partial charge on any atom is 0.407 e. The zero-order valence-electron chi connectivity index (χ0n) is 10.6. The number of hydrogen-bond donors (Lipinski definition) is 1. The van der Waals surface area contributed by atoms with Crippen molar-refractivity contribution in [3.63, 3.8) is 0 Å². The standard InChI is InChI=1S/C14H16N2O3/c17-13-9-10-3-1-2-4-12(10)16(13)11-5-7-15(8-6-11)14(18)19/h1-4,11H,5-9H2,(H,18,19). The number of rotatable bonds is 1. The fourth-order valence-corrected chi connectivity index (χ4v) is 2.99. The van der Waals surface area contributed by atoms with Crippen LogP contribution in [0.2, 0.25) is 0 Å². The highest BCUT2D eigenvalue weighted by Gasteiger charge is 2.35. The highest BCUT2D eigenvalue weighted by Crippen LogP contribution is 2.33. The van der Waals surface area contributed by atoms with Crippen molar-refractivity contribution in [1.82, 2.24) is 4.90 Å². The van der Waals surface area contributed by atoms with Gasteiger partial charge >= 0.3 is 6.09 Å². The van der Waals surface area contributed by atoms with E-state index in [1.807, 2.05) is 29.2 Å². The first-order valence-electron chi connectivity index (χ1n) is 6.54. The molecule has 3 rings (SSSR count). The molecule has 1 saturated heterocycles. The van der Waals surface area contributed by atoms with Gasteiger partial charge in [-0.1, -0.05) is 18.2 Å². The van der Waals surface area contributed by atoms with Crippen molar-refractivity contribution in [3.8, 4) is 0 Å². The molecule has 0 unspecified atom stereocenters. The fourth-order valence-electron chi connectivity index (χ4n) is 2.99. The topological polar surface area (TPSA) is 60.9 Å². The van der Waals surface area contributed by atoms with E-state index in [0.29, 0.717) is 32.4 Å². The molecular formula is C14H16N2O3. The molecule has 0 atom stereocenters. The number of fused-ring (bicyclic) bond motifs is 1. The van der Waals surface area contributed by atoms with E-state index in [1.54, 1.807) is 0 Å². The summed E-state index contributed by atoms with van der Waals surface area (Å²) in [5.41, 5.74) is 2.08. The molecule has 0 spiro atoms. The number of amides is 2. The van der Waals surface area contributed by atoms with E-state index < -0.39 is 6.09 Å². The third-order valence-corrected chi connectivity index (χ3v) is 3.96. The van der Waals surface area contributed by atoms with Crippen molar-refractivity contribution in [2.75, 3.05) is 18.0 Å². The lowest BCUT2D eigenvalue weighted by Crippen LogP contribution is -2.47. The number of likely N-dealkylation sites (tertiary alicyclic amines) is 1. The van der Waals surface area contributed by atoms with Gasteiger partial charge in [0.2, 0.25) is 5.91 Å². The lowest BCUT2D eigenvalue weighted by atomic mass is 10.0. The van der Waals surface area contributed by atoms with Gasteiger partial charge in [-0.05, 0) is 24.5 Å². The Balaban J connectivity index is 1.77.